The second-order valence-electron chi connectivity index (χ2n) is 8.81. The third kappa shape index (κ3) is 3.37. The van der Waals surface area contributed by atoms with Crippen LogP contribution >= 0.6 is 0 Å². The number of piperazine rings is 1. The van der Waals surface area contributed by atoms with Crippen LogP contribution in [0.4, 0.5) is 14.6 Å². The molecule has 1 spiro atoms. The van der Waals surface area contributed by atoms with Gasteiger partial charge in [0.15, 0.2) is 5.82 Å². The highest BCUT2D eigenvalue weighted by Gasteiger charge is 2.42. The fourth-order valence-electron chi connectivity index (χ4n) is 4.91. The van der Waals surface area contributed by atoms with E-state index >= 15 is 4.39 Å². The Hall–Kier alpha value is -3.87. The van der Waals surface area contributed by atoms with E-state index in [0.717, 1.165) is 6.54 Å². The van der Waals surface area contributed by atoms with Crippen molar-refractivity contribution in [1.29, 1.82) is 0 Å². The molecule has 2 aromatic carbocycles. The van der Waals surface area contributed by atoms with Gasteiger partial charge in [-0.1, -0.05) is 30.2 Å². The highest BCUT2D eigenvalue weighted by atomic mass is 19.1. The van der Waals surface area contributed by atoms with Gasteiger partial charge in [0.25, 0.3) is 0 Å². The molecule has 2 aliphatic rings. The number of nitrogens with one attached hydrogen (secondary N) is 1. The van der Waals surface area contributed by atoms with Crippen LogP contribution in [0.25, 0.3) is 32.9 Å². The minimum absolute atomic E-state index is 0.0288. The molecule has 0 radical (unpaired) electrons. The Morgan fingerprint density at radius 1 is 1.20 bits per heavy atom. The van der Waals surface area contributed by atoms with E-state index in [-0.39, 0.29) is 28.3 Å². The van der Waals surface area contributed by atoms with Crippen molar-refractivity contribution in [2.75, 3.05) is 44.9 Å². The van der Waals surface area contributed by atoms with Crippen LogP contribution in [0.2, 0.25) is 0 Å². The number of hydrogen-bond donors (Lipinski definition) is 1. The molecular formula is C26H21F2N5O2. The van der Waals surface area contributed by atoms with Gasteiger partial charge in [0.05, 0.1) is 36.8 Å². The van der Waals surface area contributed by atoms with Gasteiger partial charge in [-0.05, 0) is 11.5 Å². The highest BCUT2D eigenvalue weighted by Crippen LogP contribution is 2.37. The molecule has 4 heterocycles. The standard InChI is InChI=1S/C26H21F2N5O2/c1-3-16-19(27)8-7-15-5-4-6-17(20(15)16)22-21(28)23-18(11-29-22)24(32-25(31-23)34-2)33-10-9-30-26(12-33)13-35-14-26/h1,4-8,11,30H,9-10,12-14H2,2H3. The zero-order valence-electron chi connectivity index (χ0n) is 18.9. The van der Waals surface area contributed by atoms with Gasteiger partial charge in [-0.15, -0.1) is 6.42 Å². The fourth-order valence-corrected chi connectivity index (χ4v) is 4.91. The average molecular weight is 473 g/mol. The lowest BCUT2D eigenvalue weighted by atomic mass is 9.94. The van der Waals surface area contributed by atoms with Gasteiger partial charge in [0.2, 0.25) is 0 Å². The Bertz CT molecular complexity index is 1530. The lowest BCUT2D eigenvalue weighted by Gasteiger charge is -2.49. The molecule has 9 heteroatoms. The molecule has 7 nitrogen and oxygen atoms in total. The topological polar surface area (TPSA) is 72.4 Å². The van der Waals surface area contributed by atoms with Crippen molar-refractivity contribution in [2.24, 2.45) is 0 Å². The van der Waals surface area contributed by atoms with Gasteiger partial charge in [-0.25, -0.2) is 8.78 Å². The van der Waals surface area contributed by atoms with Gasteiger partial charge in [0, 0.05) is 36.8 Å². The monoisotopic (exact) mass is 473 g/mol. The summed E-state index contributed by atoms with van der Waals surface area (Å²) in [4.78, 5) is 15.4. The van der Waals surface area contributed by atoms with Crippen molar-refractivity contribution in [1.82, 2.24) is 20.3 Å². The SMILES string of the molecule is C#Cc1c(F)ccc2cccc(-c3ncc4c(N5CCNC6(COC6)C5)nc(OC)nc4c3F)c12. The zero-order chi connectivity index (χ0) is 24.2. The molecule has 2 saturated heterocycles. The van der Waals surface area contributed by atoms with Crippen LogP contribution in [0.15, 0.2) is 36.5 Å². The van der Waals surface area contributed by atoms with Crippen LogP contribution in [0.1, 0.15) is 5.56 Å². The Balaban J connectivity index is 1.56. The normalized spacial score (nSPS) is 16.9. The quantitative estimate of drug-likeness (QED) is 0.458. The van der Waals surface area contributed by atoms with Crippen molar-refractivity contribution in [3.05, 3.63) is 53.7 Å². The number of benzene rings is 2. The predicted molar refractivity (Wildman–Crippen MR) is 128 cm³/mol. The maximum atomic E-state index is 16.1. The fraction of sp³-hybridized carbons (Fsp3) is 0.269. The molecular weight excluding hydrogens is 452 g/mol. The Labute approximate surface area is 200 Å². The highest BCUT2D eigenvalue weighted by molar-refractivity contribution is 6.02. The summed E-state index contributed by atoms with van der Waals surface area (Å²) in [6.07, 6.45) is 7.17. The smallest absolute Gasteiger partial charge is 0.318 e. The molecule has 6 rings (SSSR count). The molecule has 4 aromatic rings. The Kier molecular flexibility index (Phi) is 5.02. The van der Waals surface area contributed by atoms with E-state index in [1.54, 1.807) is 30.5 Å². The van der Waals surface area contributed by atoms with Crippen molar-refractivity contribution in [3.8, 4) is 29.6 Å². The summed E-state index contributed by atoms with van der Waals surface area (Å²) in [7, 11) is 1.44. The van der Waals surface area contributed by atoms with E-state index in [9.17, 15) is 4.39 Å². The molecule has 35 heavy (non-hydrogen) atoms. The largest absolute Gasteiger partial charge is 0.467 e. The number of terminal acetylenes is 1. The molecule has 0 bridgehead atoms. The van der Waals surface area contributed by atoms with Crippen LogP contribution in [-0.4, -0.2) is 60.4 Å². The number of halogens is 2. The lowest BCUT2D eigenvalue weighted by molar-refractivity contribution is -0.0743. The molecule has 2 aromatic heterocycles. The minimum Gasteiger partial charge on any atom is -0.467 e. The first-order valence-corrected chi connectivity index (χ1v) is 11.2. The number of hydrogen-bond acceptors (Lipinski definition) is 7. The van der Waals surface area contributed by atoms with Crippen molar-refractivity contribution >= 4 is 27.5 Å². The number of pyridine rings is 1. The van der Waals surface area contributed by atoms with Gasteiger partial charge in [0.1, 0.15) is 22.8 Å². The van der Waals surface area contributed by atoms with Crippen LogP contribution in [0.5, 0.6) is 6.01 Å². The van der Waals surface area contributed by atoms with Crippen molar-refractivity contribution < 1.29 is 18.3 Å². The van der Waals surface area contributed by atoms with Crippen LogP contribution in [-0.2, 0) is 4.74 Å². The number of methoxy groups -OCH3 is 1. The number of nitrogens with zero attached hydrogens (tertiary/aromatic N) is 4. The molecule has 2 fully saturated rings. The number of rotatable bonds is 3. The molecule has 0 amide bonds. The first-order chi connectivity index (χ1) is 17.0. The van der Waals surface area contributed by atoms with E-state index in [2.05, 4.69) is 31.1 Å². The van der Waals surface area contributed by atoms with E-state index < -0.39 is 11.6 Å². The third-order valence-corrected chi connectivity index (χ3v) is 6.65. The first kappa shape index (κ1) is 21.6. The minimum atomic E-state index is -0.652. The predicted octanol–water partition coefficient (Wildman–Crippen LogP) is 3.29. The molecule has 0 saturated carbocycles. The molecule has 0 unspecified atom stereocenters. The van der Waals surface area contributed by atoms with E-state index in [1.165, 1.54) is 13.2 Å². The summed E-state index contributed by atoms with van der Waals surface area (Å²) in [6, 6.07) is 8.20. The molecule has 176 valence electrons. The second kappa shape index (κ2) is 8.12. The van der Waals surface area contributed by atoms with Gasteiger partial charge in [-0.2, -0.15) is 9.97 Å². The van der Waals surface area contributed by atoms with E-state index in [0.29, 0.717) is 53.8 Å². The maximum absolute atomic E-state index is 16.1. The van der Waals surface area contributed by atoms with Crippen molar-refractivity contribution in [3.63, 3.8) is 0 Å². The number of aromatic nitrogens is 3. The first-order valence-electron chi connectivity index (χ1n) is 11.2. The summed E-state index contributed by atoms with van der Waals surface area (Å²) >= 11 is 0. The van der Waals surface area contributed by atoms with Crippen LogP contribution in [0.3, 0.4) is 0 Å². The number of ether oxygens (including phenoxy) is 2. The maximum Gasteiger partial charge on any atom is 0.318 e. The Morgan fingerprint density at radius 3 is 2.80 bits per heavy atom. The zero-order valence-corrected chi connectivity index (χ0v) is 18.9. The molecule has 1 N–H and O–H groups in total. The molecule has 0 atom stereocenters. The van der Waals surface area contributed by atoms with Gasteiger partial charge >= 0.3 is 6.01 Å². The van der Waals surface area contributed by atoms with E-state index in [4.69, 9.17) is 15.9 Å². The molecule has 0 aliphatic carbocycles. The third-order valence-electron chi connectivity index (χ3n) is 6.65. The number of anilines is 1. The Morgan fingerprint density at radius 2 is 2.06 bits per heavy atom. The second-order valence-corrected chi connectivity index (χ2v) is 8.81. The van der Waals surface area contributed by atoms with Crippen LogP contribution < -0.4 is 15.0 Å². The molecule has 2 aliphatic heterocycles. The van der Waals surface area contributed by atoms with Gasteiger partial charge in [-0.3, -0.25) is 4.98 Å². The lowest BCUT2D eigenvalue weighted by Crippen LogP contribution is -2.70. The van der Waals surface area contributed by atoms with Crippen LogP contribution in [0, 0.1) is 24.0 Å². The summed E-state index contributed by atoms with van der Waals surface area (Å²) in [5.74, 6) is 1.75. The summed E-state index contributed by atoms with van der Waals surface area (Å²) in [5, 5.41) is 5.09. The van der Waals surface area contributed by atoms with Crippen molar-refractivity contribution in [2.45, 2.75) is 5.54 Å². The summed E-state index contributed by atoms with van der Waals surface area (Å²) in [5.41, 5.74) is 0.411. The average Bonchev–Trinajstić information content (AvgIpc) is 2.87. The number of fused-ring (bicyclic) bond motifs is 2. The van der Waals surface area contributed by atoms with Gasteiger partial charge < -0.3 is 19.7 Å². The summed E-state index contributed by atoms with van der Waals surface area (Å²) < 4.78 is 41.4. The van der Waals surface area contributed by atoms with E-state index in [1.807, 2.05) is 0 Å². The summed E-state index contributed by atoms with van der Waals surface area (Å²) in [6.45, 7) is 3.28.